The third-order valence-corrected chi connectivity index (χ3v) is 4.83. The minimum atomic E-state index is -0.786. The lowest BCUT2D eigenvalue weighted by Gasteiger charge is -2.34. The molecule has 2 aromatic heterocycles. The molecule has 0 saturated carbocycles. The predicted molar refractivity (Wildman–Crippen MR) is 99.1 cm³/mol. The van der Waals surface area contributed by atoms with Crippen molar-refractivity contribution in [1.82, 2.24) is 19.6 Å². The van der Waals surface area contributed by atoms with Crippen LogP contribution in [-0.4, -0.2) is 57.6 Å². The average Bonchev–Trinajstić information content (AvgIpc) is 3.37. The first-order valence-electron chi connectivity index (χ1n) is 9.05. The van der Waals surface area contributed by atoms with Gasteiger partial charge in [0.2, 0.25) is 0 Å². The number of hydrogen-bond acceptors (Lipinski definition) is 4. The van der Waals surface area contributed by atoms with Gasteiger partial charge in [0.25, 0.3) is 11.8 Å². The standard InChI is InChI=1S/C20H18F2N4O3/c1-24-12-15(18(23-24)14-5-4-13(21)11-16(14)22)19(27)25-6-8-26(9-7-25)20(28)17-3-2-10-29-17/h2-5,10-12H,6-9H2,1H3. The number of furan rings is 1. The topological polar surface area (TPSA) is 71.6 Å². The Morgan fingerprint density at radius 2 is 1.72 bits per heavy atom. The van der Waals surface area contributed by atoms with Gasteiger partial charge in [-0.15, -0.1) is 0 Å². The van der Waals surface area contributed by atoms with Crippen molar-refractivity contribution in [3.05, 3.63) is 65.7 Å². The summed E-state index contributed by atoms with van der Waals surface area (Å²) in [4.78, 5) is 28.6. The number of nitrogens with zero attached hydrogens (tertiary/aromatic N) is 4. The van der Waals surface area contributed by atoms with Crippen LogP contribution < -0.4 is 0 Å². The van der Waals surface area contributed by atoms with Crippen molar-refractivity contribution in [2.75, 3.05) is 26.2 Å². The van der Waals surface area contributed by atoms with Gasteiger partial charge in [0.15, 0.2) is 5.76 Å². The Hall–Kier alpha value is -3.49. The normalized spacial score (nSPS) is 14.3. The smallest absolute Gasteiger partial charge is 0.289 e. The van der Waals surface area contributed by atoms with Crippen LogP contribution in [0.25, 0.3) is 11.3 Å². The van der Waals surface area contributed by atoms with Gasteiger partial charge < -0.3 is 14.2 Å². The predicted octanol–water partition coefficient (Wildman–Crippen LogP) is 2.56. The van der Waals surface area contributed by atoms with Crippen molar-refractivity contribution >= 4 is 11.8 Å². The molecule has 150 valence electrons. The number of halogens is 2. The first kappa shape index (κ1) is 18.9. The van der Waals surface area contributed by atoms with Crippen LogP contribution in [0.15, 0.2) is 47.2 Å². The molecule has 0 aliphatic carbocycles. The molecular formula is C20H18F2N4O3. The van der Waals surface area contributed by atoms with E-state index in [9.17, 15) is 18.4 Å². The number of aromatic nitrogens is 2. The molecule has 1 aliphatic rings. The number of benzene rings is 1. The Bertz CT molecular complexity index is 1050. The number of carbonyl (C=O) groups excluding carboxylic acids is 2. The molecule has 0 N–H and O–H groups in total. The zero-order chi connectivity index (χ0) is 20.5. The largest absolute Gasteiger partial charge is 0.459 e. The Morgan fingerprint density at radius 1 is 1.03 bits per heavy atom. The van der Waals surface area contributed by atoms with Crippen molar-refractivity contribution in [1.29, 1.82) is 0 Å². The summed E-state index contributed by atoms with van der Waals surface area (Å²) < 4.78 is 34.0. The molecule has 0 atom stereocenters. The van der Waals surface area contributed by atoms with E-state index in [4.69, 9.17) is 4.42 Å². The molecule has 3 heterocycles. The Balaban J connectivity index is 1.52. The first-order valence-corrected chi connectivity index (χ1v) is 9.05. The molecule has 0 unspecified atom stereocenters. The monoisotopic (exact) mass is 400 g/mol. The van der Waals surface area contributed by atoms with Crippen molar-refractivity contribution < 1.29 is 22.8 Å². The van der Waals surface area contributed by atoms with Gasteiger partial charge in [-0.1, -0.05) is 0 Å². The Labute approximate surface area is 165 Å². The van der Waals surface area contributed by atoms with E-state index in [1.165, 1.54) is 23.2 Å². The first-order chi connectivity index (χ1) is 13.9. The second-order valence-corrected chi connectivity index (χ2v) is 6.75. The highest BCUT2D eigenvalue weighted by Crippen LogP contribution is 2.27. The van der Waals surface area contributed by atoms with Crippen LogP contribution in [0.3, 0.4) is 0 Å². The van der Waals surface area contributed by atoms with E-state index < -0.39 is 11.6 Å². The summed E-state index contributed by atoms with van der Waals surface area (Å²) in [5.41, 5.74) is 0.440. The van der Waals surface area contributed by atoms with Gasteiger partial charge in [0, 0.05) is 51.1 Å². The zero-order valence-electron chi connectivity index (χ0n) is 15.6. The number of piperazine rings is 1. The minimum absolute atomic E-state index is 0.0574. The summed E-state index contributed by atoms with van der Waals surface area (Å²) in [5, 5.41) is 4.19. The van der Waals surface area contributed by atoms with E-state index in [0.29, 0.717) is 26.2 Å². The molecule has 3 aromatic rings. The molecule has 0 radical (unpaired) electrons. The fourth-order valence-electron chi connectivity index (χ4n) is 3.36. The van der Waals surface area contributed by atoms with E-state index >= 15 is 0 Å². The maximum atomic E-state index is 14.2. The summed E-state index contributed by atoms with van der Waals surface area (Å²) in [5.74, 6) is -1.77. The molecule has 1 aromatic carbocycles. The Kier molecular flexibility index (Phi) is 4.87. The SMILES string of the molecule is Cn1cc(C(=O)N2CCN(C(=O)c3ccco3)CC2)c(-c2ccc(F)cc2F)n1. The van der Waals surface area contributed by atoms with Crippen LogP contribution in [0.2, 0.25) is 0 Å². The van der Waals surface area contributed by atoms with Gasteiger partial charge in [0.1, 0.15) is 17.3 Å². The third kappa shape index (κ3) is 3.63. The quantitative estimate of drug-likeness (QED) is 0.678. The molecule has 29 heavy (non-hydrogen) atoms. The third-order valence-electron chi connectivity index (χ3n) is 4.83. The van der Waals surface area contributed by atoms with E-state index in [1.807, 2.05) is 0 Å². The van der Waals surface area contributed by atoms with Gasteiger partial charge in [-0.05, 0) is 24.3 Å². The van der Waals surface area contributed by atoms with Crippen LogP contribution in [0, 0.1) is 11.6 Å². The summed E-state index contributed by atoms with van der Waals surface area (Å²) in [6.45, 7) is 1.36. The van der Waals surface area contributed by atoms with Crippen molar-refractivity contribution in [2.45, 2.75) is 0 Å². The van der Waals surface area contributed by atoms with Crippen LogP contribution in [0.4, 0.5) is 8.78 Å². The van der Waals surface area contributed by atoms with Gasteiger partial charge in [-0.25, -0.2) is 8.78 Å². The van der Waals surface area contributed by atoms with Crippen LogP contribution in [0.1, 0.15) is 20.9 Å². The summed E-state index contributed by atoms with van der Waals surface area (Å²) in [7, 11) is 1.63. The molecule has 7 nitrogen and oxygen atoms in total. The van der Waals surface area contributed by atoms with Crippen LogP contribution >= 0.6 is 0 Å². The van der Waals surface area contributed by atoms with E-state index in [0.717, 1.165) is 12.1 Å². The van der Waals surface area contributed by atoms with Gasteiger partial charge in [-0.3, -0.25) is 14.3 Å². The van der Waals surface area contributed by atoms with Crippen molar-refractivity contribution in [2.24, 2.45) is 7.05 Å². The zero-order valence-corrected chi connectivity index (χ0v) is 15.6. The average molecular weight is 400 g/mol. The lowest BCUT2D eigenvalue weighted by atomic mass is 10.1. The minimum Gasteiger partial charge on any atom is -0.459 e. The van der Waals surface area contributed by atoms with Crippen LogP contribution in [-0.2, 0) is 7.05 Å². The number of hydrogen-bond donors (Lipinski definition) is 0. The lowest BCUT2D eigenvalue weighted by Crippen LogP contribution is -2.50. The highest BCUT2D eigenvalue weighted by Gasteiger charge is 2.29. The maximum absolute atomic E-state index is 14.2. The molecule has 2 amide bonds. The lowest BCUT2D eigenvalue weighted by molar-refractivity contribution is 0.0518. The van der Waals surface area contributed by atoms with Crippen molar-refractivity contribution in [3.63, 3.8) is 0 Å². The maximum Gasteiger partial charge on any atom is 0.289 e. The van der Waals surface area contributed by atoms with Gasteiger partial charge >= 0.3 is 0 Å². The summed E-state index contributed by atoms with van der Waals surface area (Å²) in [6, 6.07) is 6.39. The number of aryl methyl sites for hydroxylation is 1. The van der Waals surface area contributed by atoms with E-state index in [2.05, 4.69) is 5.10 Å². The highest BCUT2D eigenvalue weighted by atomic mass is 19.1. The fourth-order valence-corrected chi connectivity index (χ4v) is 3.36. The second-order valence-electron chi connectivity index (χ2n) is 6.75. The van der Waals surface area contributed by atoms with Gasteiger partial charge in [0.05, 0.1) is 11.8 Å². The number of carbonyl (C=O) groups is 2. The number of rotatable bonds is 3. The molecule has 1 fully saturated rings. The summed E-state index contributed by atoms with van der Waals surface area (Å²) in [6.07, 6.45) is 2.95. The van der Waals surface area contributed by atoms with Crippen molar-refractivity contribution in [3.8, 4) is 11.3 Å². The second kappa shape index (κ2) is 7.50. The summed E-state index contributed by atoms with van der Waals surface area (Å²) >= 11 is 0. The van der Waals surface area contributed by atoms with Gasteiger partial charge in [-0.2, -0.15) is 5.10 Å². The fraction of sp³-hybridized carbons (Fsp3) is 0.250. The molecule has 9 heteroatoms. The molecule has 0 spiro atoms. The molecule has 1 saturated heterocycles. The molecule has 0 bridgehead atoms. The molecular weight excluding hydrogens is 382 g/mol. The Morgan fingerprint density at radius 3 is 2.34 bits per heavy atom. The molecule has 1 aliphatic heterocycles. The highest BCUT2D eigenvalue weighted by molar-refractivity contribution is 6.00. The number of amides is 2. The molecule has 4 rings (SSSR count). The van der Waals surface area contributed by atoms with E-state index in [1.54, 1.807) is 29.0 Å². The van der Waals surface area contributed by atoms with Crippen LogP contribution in [0.5, 0.6) is 0 Å². The van der Waals surface area contributed by atoms with E-state index in [-0.39, 0.29) is 34.4 Å².